The number of aromatic nitrogens is 3. The Bertz CT molecular complexity index is 402. The number of rotatable bonds is 3. The average Bonchev–Trinajstić information content (AvgIpc) is 2.71. The summed E-state index contributed by atoms with van der Waals surface area (Å²) in [4.78, 5) is 0. The lowest BCUT2D eigenvalue weighted by molar-refractivity contribution is 0.467. The summed E-state index contributed by atoms with van der Waals surface area (Å²) in [6, 6.07) is 7.87. The molecule has 0 bridgehead atoms. The van der Waals surface area contributed by atoms with Gasteiger partial charge in [-0.25, -0.2) is 0 Å². The molecule has 0 unspecified atom stereocenters. The van der Waals surface area contributed by atoms with Crippen LogP contribution in [0.4, 0.5) is 0 Å². The van der Waals surface area contributed by atoms with E-state index in [-0.39, 0.29) is 0 Å². The molecule has 4 nitrogen and oxygen atoms in total. The molecule has 0 radical (unpaired) electrons. The zero-order valence-corrected chi connectivity index (χ0v) is 8.49. The minimum absolute atomic E-state index is 0.478. The number of hydrogen-bond acceptors (Lipinski definition) is 5. The van der Waals surface area contributed by atoms with Crippen molar-refractivity contribution in [3.8, 4) is 10.9 Å². The van der Waals surface area contributed by atoms with Crippen LogP contribution in [0.25, 0.3) is 0 Å². The lowest BCUT2D eigenvalue weighted by Gasteiger charge is -2.05. The second-order valence-corrected chi connectivity index (χ2v) is 3.39. The van der Waals surface area contributed by atoms with E-state index < -0.39 is 0 Å². The fourth-order valence-corrected chi connectivity index (χ4v) is 1.50. The normalized spacial score (nSPS) is 10.1. The van der Waals surface area contributed by atoms with Crippen LogP contribution in [0.1, 0.15) is 12.5 Å². The van der Waals surface area contributed by atoms with Gasteiger partial charge in [0.1, 0.15) is 5.75 Å². The summed E-state index contributed by atoms with van der Waals surface area (Å²) >= 11 is 1.14. The van der Waals surface area contributed by atoms with E-state index in [4.69, 9.17) is 4.74 Å². The number of aryl methyl sites for hydroxylation is 1. The third-order valence-corrected chi connectivity index (χ3v) is 2.31. The van der Waals surface area contributed by atoms with E-state index in [0.717, 1.165) is 29.3 Å². The standard InChI is InChI=1S/C9H9N3OS/c1-2-7-5-3-4-6-8(7)13-9-10-11-12-14-9/h3-6H,2H2,1H3. The molecule has 2 aromatic rings. The van der Waals surface area contributed by atoms with Crippen LogP contribution in [0.2, 0.25) is 0 Å². The molecular weight excluding hydrogens is 198 g/mol. The van der Waals surface area contributed by atoms with Gasteiger partial charge in [0.2, 0.25) is 0 Å². The molecule has 0 aliphatic rings. The quantitative estimate of drug-likeness (QED) is 0.774. The summed E-state index contributed by atoms with van der Waals surface area (Å²) in [5, 5.41) is 7.67. The first-order valence-corrected chi connectivity index (χ1v) is 5.08. The van der Waals surface area contributed by atoms with Gasteiger partial charge in [-0.3, -0.25) is 0 Å². The van der Waals surface area contributed by atoms with Gasteiger partial charge in [0.05, 0.1) is 0 Å². The summed E-state index contributed by atoms with van der Waals surface area (Å²) in [6.07, 6.45) is 0.933. The summed E-state index contributed by atoms with van der Waals surface area (Å²) in [5.74, 6) is 0.827. The lowest BCUT2D eigenvalue weighted by Crippen LogP contribution is -1.89. The Morgan fingerprint density at radius 1 is 1.36 bits per heavy atom. The summed E-state index contributed by atoms with van der Waals surface area (Å²) in [6.45, 7) is 2.08. The summed E-state index contributed by atoms with van der Waals surface area (Å²) in [7, 11) is 0. The molecule has 0 aliphatic carbocycles. The molecule has 0 saturated heterocycles. The Kier molecular flexibility index (Phi) is 2.69. The van der Waals surface area contributed by atoms with Crippen molar-refractivity contribution in [2.45, 2.75) is 13.3 Å². The molecule has 5 heteroatoms. The van der Waals surface area contributed by atoms with Gasteiger partial charge in [0.25, 0.3) is 0 Å². The van der Waals surface area contributed by atoms with Crippen LogP contribution in [0, 0.1) is 0 Å². The minimum atomic E-state index is 0.478. The van der Waals surface area contributed by atoms with Crippen LogP contribution in [-0.4, -0.2) is 14.8 Å². The first-order chi connectivity index (χ1) is 6.90. The van der Waals surface area contributed by atoms with Gasteiger partial charge in [-0.15, -0.1) is 0 Å². The van der Waals surface area contributed by atoms with Crippen LogP contribution in [-0.2, 0) is 6.42 Å². The van der Waals surface area contributed by atoms with Gasteiger partial charge in [0.15, 0.2) is 0 Å². The molecule has 0 amide bonds. The largest absolute Gasteiger partial charge is 0.428 e. The van der Waals surface area contributed by atoms with Crippen LogP contribution in [0.5, 0.6) is 10.9 Å². The van der Waals surface area contributed by atoms with E-state index in [1.54, 1.807) is 0 Å². The van der Waals surface area contributed by atoms with Gasteiger partial charge < -0.3 is 4.74 Å². The predicted octanol–water partition coefficient (Wildman–Crippen LogP) is 2.29. The fraction of sp³-hybridized carbons (Fsp3) is 0.222. The highest BCUT2D eigenvalue weighted by molar-refractivity contribution is 7.07. The van der Waals surface area contributed by atoms with E-state index in [1.165, 1.54) is 0 Å². The van der Waals surface area contributed by atoms with Gasteiger partial charge in [0, 0.05) is 11.5 Å². The van der Waals surface area contributed by atoms with Gasteiger partial charge in [-0.2, -0.15) is 0 Å². The Labute approximate surface area is 85.7 Å². The van der Waals surface area contributed by atoms with Crippen molar-refractivity contribution in [2.75, 3.05) is 0 Å². The minimum Gasteiger partial charge on any atom is -0.428 e. The van der Waals surface area contributed by atoms with Crippen molar-refractivity contribution in [1.29, 1.82) is 0 Å². The van der Waals surface area contributed by atoms with Crippen molar-refractivity contribution in [3.05, 3.63) is 29.8 Å². The van der Waals surface area contributed by atoms with Gasteiger partial charge in [-0.1, -0.05) is 34.7 Å². The van der Waals surface area contributed by atoms with Gasteiger partial charge >= 0.3 is 5.19 Å². The van der Waals surface area contributed by atoms with Crippen LogP contribution in [0.15, 0.2) is 24.3 Å². The molecule has 0 atom stereocenters. The number of benzene rings is 1. The monoisotopic (exact) mass is 207 g/mol. The molecule has 2 rings (SSSR count). The highest BCUT2D eigenvalue weighted by atomic mass is 32.1. The molecule has 0 aliphatic heterocycles. The van der Waals surface area contributed by atoms with Crippen molar-refractivity contribution in [1.82, 2.24) is 14.8 Å². The third-order valence-electron chi connectivity index (χ3n) is 1.83. The van der Waals surface area contributed by atoms with E-state index >= 15 is 0 Å². The number of para-hydroxylation sites is 1. The molecule has 14 heavy (non-hydrogen) atoms. The summed E-state index contributed by atoms with van der Waals surface area (Å²) in [5.41, 5.74) is 1.16. The molecule has 0 N–H and O–H groups in total. The molecule has 1 heterocycles. The molecule has 72 valence electrons. The molecular formula is C9H9N3OS. The molecule has 0 fully saturated rings. The van der Waals surface area contributed by atoms with E-state index in [1.807, 2.05) is 24.3 Å². The fourth-order valence-electron chi connectivity index (χ4n) is 1.15. The zero-order chi connectivity index (χ0) is 9.80. The lowest BCUT2D eigenvalue weighted by atomic mass is 10.1. The topological polar surface area (TPSA) is 47.9 Å². The Morgan fingerprint density at radius 3 is 2.93 bits per heavy atom. The van der Waals surface area contributed by atoms with E-state index in [2.05, 4.69) is 21.7 Å². The second kappa shape index (κ2) is 4.15. The number of nitrogens with zero attached hydrogens (tertiary/aromatic N) is 3. The highest BCUT2D eigenvalue weighted by Gasteiger charge is 2.04. The first kappa shape index (κ1) is 9.08. The van der Waals surface area contributed by atoms with Crippen LogP contribution < -0.4 is 4.74 Å². The van der Waals surface area contributed by atoms with Crippen molar-refractivity contribution >= 4 is 11.5 Å². The van der Waals surface area contributed by atoms with Crippen LogP contribution >= 0.6 is 11.5 Å². The maximum atomic E-state index is 5.52. The maximum Gasteiger partial charge on any atom is 0.319 e. The molecule has 0 spiro atoms. The second-order valence-electron chi connectivity index (χ2n) is 2.69. The van der Waals surface area contributed by atoms with Crippen molar-refractivity contribution < 1.29 is 4.74 Å². The van der Waals surface area contributed by atoms with E-state index in [9.17, 15) is 0 Å². The van der Waals surface area contributed by atoms with Crippen molar-refractivity contribution in [3.63, 3.8) is 0 Å². The molecule has 1 aromatic heterocycles. The zero-order valence-electron chi connectivity index (χ0n) is 7.67. The predicted molar refractivity (Wildman–Crippen MR) is 53.6 cm³/mol. The number of hydrogen-bond donors (Lipinski definition) is 0. The Hall–Kier alpha value is -1.49. The SMILES string of the molecule is CCc1ccccc1Oc1nnns1. The smallest absolute Gasteiger partial charge is 0.319 e. The summed E-state index contributed by atoms with van der Waals surface area (Å²) < 4.78 is 9.15. The molecule has 1 aromatic carbocycles. The van der Waals surface area contributed by atoms with Crippen LogP contribution in [0.3, 0.4) is 0 Å². The molecule has 0 saturated carbocycles. The first-order valence-electron chi connectivity index (χ1n) is 4.31. The van der Waals surface area contributed by atoms with E-state index in [0.29, 0.717) is 5.19 Å². The number of ether oxygens (including phenoxy) is 1. The Balaban J connectivity index is 2.24. The highest BCUT2D eigenvalue weighted by Crippen LogP contribution is 2.25. The maximum absolute atomic E-state index is 5.52. The van der Waals surface area contributed by atoms with Gasteiger partial charge in [-0.05, 0) is 23.3 Å². The Morgan fingerprint density at radius 2 is 2.21 bits per heavy atom. The average molecular weight is 207 g/mol. The van der Waals surface area contributed by atoms with Crippen molar-refractivity contribution in [2.24, 2.45) is 0 Å². The third kappa shape index (κ3) is 1.88.